The van der Waals surface area contributed by atoms with Crippen molar-refractivity contribution in [1.82, 2.24) is 14.7 Å². The summed E-state index contributed by atoms with van der Waals surface area (Å²) in [4.78, 5) is 25.1. The van der Waals surface area contributed by atoms with Crippen LogP contribution in [0.3, 0.4) is 0 Å². The Hall–Kier alpha value is -2.83. The van der Waals surface area contributed by atoms with Gasteiger partial charge in [-0.1, -0.05) is 18.2 Å². The van der Waals surface area contributed by atoms with Crippen LogP contribution in [-0.4, -0.2) is 44.9 Å². The van der Waals surface area contributed by atoms with E-state index in [1.807, 2.05) is 37.3 Å². The summed E-state index contributed by atoms with van der Waals surface area (Å²) < 4.78 is 1.76. The number of anilines is 1. The summed E-state index contributed by atoms with van der Waals surface area (Å²) in [6.45, 7) is 2.69. The van der Waals surface area contributed by atoms with Gasteiger partial charge in [-0.3, -0.25) is 4.79 Å². The Morgan fingerprint density at radius 2 is 2.04 bits per heavy atom. The molecule has 2 amide bonds. The van der Waals surface area contributed by atoms with Crippen molar-refractivity contribution in [2.75, 3.05) is 18.4 Å². The minimum Gasteiger partial charge on any atom is -0.481 e. The number of para-hydroxylation sites is 1. The fraction of sp³-hybridized carbons (Fsp3) is 0.353. The van der Waals surface area contributed by atoms with E-state index in [2.05, 4.69) is 10.4 Å². The van der Waals surface area contributed by atoms with Gasteiger partial charge in [0.05, 0.1) is 29.2 Å². The van der Waals surface area contributed by atoms with Crippen LogP contribution in [0.5, 0.6) is 0 Å². The number of piperidine rings is 1. The second-order valence-electron chi connectivity index (χ2n) is 5.94. The van der Waals surface area contributed by atoms with Crippen LogP contribution in [0, 0.1) is 12.8 Å². The minimum absolute atomic E-state index is 0.243. The van der Waals surface area contributed by atoms with E-state index in [0.717, 1.165) is 11.4 Å². The average Bonchev–Trinajstić information content (AvgIpc) is 2.96. The first kappa shape index (κ1) is 16.0. The van der Waals surface area contributed by atoms with E-state index in [0.29, 0.717) is 25.1 Å². The molecule has 2 N–H and O–H groups in total. The van der Waals surface area contributed by atoms with Gasteiger partial charge < -0.3 is 15.3 Å². The molecule has 1 aliphatic heterocycles. The smallest absolute Gasteiger partial charge is 0.321 e. The number of likely N-dealkylation sites (tertiary alicyclic amines) is 1. The fourth-order valence-corrected chi connectivity index (χ4v) is 2.92. The summed E-state index contributed by atoms with van der Waals surface area (Å²) in [7, 11) is 0. The molecule has 1 aromatic heterocycles. The third-order valence-corrected chi connectivity index (χ3v) is 4.31. The summed E-state index contributed by atoms with van der Waals surface area (Å²) in [6, 6.07) is 9.38. The van der Waals surface area contributed by atoms with Crippen molar-refractivity contribution in [2.24, 2.45) is 5.92 Å². The maximum atomic E-state index is 12.4. The number of aliphatic carboxylic acids is 1. The minimum atomic E-state index is -0.847. The van der Waals surface area contributed by atoms with E-state index in [1.165, 1.54) is 0 Å². The first-order valence-electron chi connectivity index (χ1n) is 7.95. The zero-order valence-electron chi connectivity index (χ0n) is 13.5. The Morgan fingerprint density at radius 3 is 2.75 bits per heavy atom. The number of aromatic nitrogens is 2. The number of hydrogen-bond donors (Lipinski definition) is 2. The molecular formula is C17H20N4O3. The second kappa shape index (κ2) is 6.74. The third-order valence-electron chi connectivity index (χ3n) is 4.31. The molecule has 0 saturated carbocycles. The molecule has 1 fully saturated rings. The SMILES string of the molecule is Cc1c(NC(=O)N2CCCC(C(=O)O)C2)cnn1-c1ccccc1. The highest BCUT2D eigenvalue weighted by Gasteiger charge is 2.28. The van der Waals surface area contributed by atoms with Gasteiger partial charge in [0.15, 0.2) is 0 Å². The van der Waals surface area contributed by atoms with Gasteiger partial charge in [0, 0.05) is 13.1 Å². The number of urea groups is 1. The van der Waals surface area contributed by atoms with Crippen molar-refractivity contribution in [3.05, 3.63) is 42.2 Å². The molecule has 1 aromatic carbocycles. The van der Waals surface area contributed by atoms with Crippen LogP contribution < -0.4 is 5.32 Å². The van der Waals surface area contributed by atoms with E-state index >= 15 is 0 Å². The number of carboxylic acids is 1. The second-order valence-corrected chi connectivity index (χ2v) is 5.94. The van der Waals surface area contributed by atoms with Crippen LogP contribution in [0.1, 0.15) is 18.5 Å². The third kappa shape index (κ3) is 3.24. The molecule has 3 rings (SSSR count). The standard InChI is InChI=1S/C17H20N4O3/c1-12-15(10-18-21(12)14-7-3-2-4-8-14)19-17(24)20-9-5-6-13(11-20)16(22)23/h2-4,7-8,10,13H,5-6,9,11H2,1H3,(H,19,24)(H,22,23). The van der Waals surface area contributed by atoms with Gasteiger partial charge in [0.2, 0.25) is 0 Å². The van der Waals surface area contributed by atoms with E-state index in [9.17, 15) is 9.59 Å². The number of carbonyl (C=O) groups is 2. The molecule has 0 radical (unpaired) electrons. The number of nitrogens with zero attached hydrogens (tertiary/aromatic N) is 3. The summed E-state index contributed by atoms with van der Waals surface area (Å²) in [5.74, 6) is -1.33. The first-order chi connectivity index (χ1) is 11.6. The van der Waals surface area contributed by atoms with Gasteiger partial charge in [0.25, 0.3) is 0 Å². The molecule has 7 nitrogen and oxygen atoms in total. The summed E-state index contributed by atoms with van der Waals surface area (Å²) in [5, 5.41) is 16.3. The lowest BCUT2D eigenvalue weighted by Crippen LogP contribution is -2.44. The monoisotopic (exact) mass is 328 g/mol. The molecule has 2 heterocycles. The molecular weight excluding hydrogens is 308 g/mol. The molecule has 0 bridgehead atoms. The summed E-state index contributed by atoms with van der Waals surface area (Å²) >= 11 is 0. The highest BCUT2D eigenvalue weighted by Crippen LogP contribution is 2.21. The van der Waals surface area contributed by atoms with Crippen LogP contribution in [0.2, 0.25) is 0 Å². The van der Waals surface area contributed by atoms with Crippen molar-refractivity contribution < 1.29 is 14.7 Å². The molecule has 1 unspecified atom stereocenters. The maximum absolute atomic E-state index is 12.4. The van der Waals surface area contributed by atoms with E-state index in [4.69, 9.17) is 5.11 Å². The van der Waals surface area contributed by atoms with E-state index in [-0.39, 0.29) is 12.6 Å². The van der Waals surface area contributed by atoms with Gasteiger partial charge in [0.1, 0.15) is 0 Å². The lowest BCUT2D eigenvalue weighted by atomic mass is 9.99. The summed E-state index contributed by atoms with van der Waals surface area (Å²) in [6.07, 6.45) is 2.93. The lowest BCUT2D eigenvalue weighted by Gasteiger charge is -2.30. The van der Waals surface area contributed by atoms with E-state index < -0.39 is 11.9 Å². The molecule has 0 spiro atoms. The predicted octanol–water partition coefficient (Wildman–Crippen LogP) is 2.51. The zero-order chi connectivity index (χ0) is 17.1. The number of rotatable bonds is 3. The van der Waals surface area contributed by atoms with Gasteiger partial charge in [-0.15, -0.1) is 0 Å². The average molecular weight is 328 g/mol. The normalized spacial score (nSPS) is 17.5. The van der Waals surface area contributed by atoms with Gasteiger partial charge in [-0.2, -0.15) is 5.10 Å². The molecule has 7 heteroatoms. The Labute approximate surface area is 139 Å². The molecule has 1 saturated heterocycles. The van der Waals surface area contributed by atoms with Crippen molar-refractivity contribution in [3.63, 3.8) is 0 Å². The number of carbonyl (C=O) groups excluding carboxylic acids is 1. The van der Waals surface area contributed by atoms with Crippen molar-refractivity contribution in [2.45, 2.75) is 19.8 Å². The van der Waals surface area contributed by atoms with Crippen molar-refractivity contribution in [3.8, 4) is 5.69 Å². The number of amides is 2. The van der Waals surface area contributed by atoms with Crippen molar-refractivity contribution >= 4 is 17.7 Å². The highest BCUT2D eigenvalue weighted by atomic mass is 16.4. The maximum Gasteiger partial charge on any atom is 0.321 e. The van der Waals surface area contributed by atoms with Gasteiger partial charge in [-0.25, -0.2) is 9.48 Å². The molecule has 0 aliphatic carbocycles. The predicted molar refractivity (Wildman–Crippen MR) is 89.3 cm³/mol. The van der Waals surface area contributed by atoms with Crippen LogP contribution in [-0.2, 0) is 4.79 Å². The van der Waals surface area contributed by atoms with E-state index in [1.54, 1.807) is 15.8 Å². The van der Waals surface area contributed by atoms with Crippen LogP contribution in [0.4, 0.5) is 10.5 Å². The van der Waals surface area contributed by atoms with Crippen LogP contribution in [0.25, 0.3) is 5.69 Å². The lowest BCUT2D eigenvalue weighted by molar-refractivity contribution is -0.143. The molecule has 1 aliphatic rings. The zero-order valence-corrected chi connectivity index (χ0v) is 13.5. The Bertz CT molecular complexity index is 742. The molecule has 126 valence electrons. The van der Waals surface area contributed by atoms with Crippen LogP contribution >= 0.6 is 0 Å². The highest BCUT2D eigenvalue weighted by molar-refractivity contribution is 5.90. The van der Waals surface area contributed by atoms with Gasteiger partial charge >= 0.3 is 12.0 Å². The Morgan fingerprint density at radius 1 is 1.29 bits per heavy atom. The topological polar surface area (TPSA) is 87.5 Å². The fourth-order valence-electron chi connectivity index (χ4n) is 2.92. The molecule has 2 aromatic rings. The molecule has 24 heavy (non-hydrogen) atoms. The number of nitrogens with one attached hydrogen (secondary N) is 1. The number of carboxylic acid groups (broad SMARTS) is 1. The van der Waals surface area contributed by atoms with Crippen molar-refractivity contribution in [1.29, 1.82) is 0 Å². The number of benzene rings is 1. The quantitative estimate of drug-likeness (QED) is 0.906. The molecule has 1 atom stereocenters. The summed E-state index contributed by atoms with van der Waals surface area (Å²) in [5.41, 5.74) is 2.36. The Balaban J connectivity index is 1.71. The first-order valence-corrected chi connectivity index (χ1v) is 7.95. The van der Waals surface area contributed by atoms with Gasteiger partial charge in [-0.05, 0) is 31.9 Å². The Kier molecular flexibility index (Phi) is 4.50. The largest absolute Gasteiger partial charge is 0.481 e. The number of hydrogen-bond acceptors (Lipinski definition) is 3. The van der Waals surface area contributed by atoms with Crippen LogP contribution in [0.15, 0.2) is 36.5 Å².